The van der Waals surface area contributed by atoms with Crippen LogP contribution in [0.25, 0.3) is 22.5 Å². The Balaban J connectivity index is 0.737. The van der Waals surface area contributed by atoms with Gasteiger partial charge in [-0.3, -0.25) is 28.9 Å². The number of nitrogens with one attached hydrogen (secondary N) is 4. The number of primary amides is 2. The molecule has 418 valence electrons. The molecule has 21 heteroatoms. The standard InChI is InChI=1S/C60H69N17O4/c1-37(2)33-75(20-21-76-35-42(29-67-76)69-58-65-31-46(54(61)78)56(73-58)71-50-15-9-11-44(52(50)80-4)48-13-5-7-18-63-48)34-38(3)17-22-81-53-45(49-14-6-8-19-64-49)12-10-16-51(53)72-57-47(55(62)79)32-66-59(74-57)70-43-30-68-77(36-43)60-26-39-23-40(27-60)25-41(24-39)28-60/h5-16,18-19,29-32,35-41H,17,20-28,33-34H2,1-4H3,(H2,61,78)(H2,62,79)(H2,65,69,71,73)(H2,66,70,72,74). The maximum Gasteiger partial charge on any atom is 0.254 e. The summed E-state index contributed by atoms with van der Waals surface area (Å²) < 4.78 is 16.6. The highest BCUT2D eigenvalue weighted by atomic mass is 16.5. The first-order chi connectivity index (χ1) is 39.3. The number of ether oxygens (including phenoxy) is 2. The summed E-state index contributed by atoms with van der Waals surface area (Å²) in [5, 5.41) is 22.7. The van der Waals surface area contributed by atoms with Gasteiger partial charge in [-0.05, 0) is 123 Å². The molecule has 2 aromatic carbocycles. The van der Waals surface area contributed by atoms with Crippen molar-refractivity contribution in [2.75, 3.05) is 54.6 Å². The quantitative estimate of drug-likeness (QED) is 0.0311. The van der Waals surface area contributed by atoms with E-state index >= 15 is 0 Å². The van der Waals surface area contributed by atoms with E-state index in [1.165, 1.54) is 50.9 Å². The lowest BCUT2D eigenvalue weighted by Crippen LogP contribution is -2.52. The molecule has 12 rings (SSSR count). The van der Waals surface area contributed by atoms with Crippen molar-refractivity contribution in [3.05, 3.63) is 133 Å². The molecule has 8 aromatic rings. The number of aromatic nitrogens is 10. The number of carbonyl (C=O) groups excluding carboxylic acids is 2. The van der Waals surface area contributed by atoms with E-state index in [0.29, 0.717) is 53.6 Å². The Morgan fingerprint density at radius 2 is 1.22 bits per heavy atom. The van der Waals surface area contributed by atoms with Gasteiger partial charge < -0.3 is 47.1 Å². The van der Waals surface area contributed by atoms with Gasteiger partial charge in [-0.2, -0.15) is 20.2 Å². The minimum Gasteiger partial charge on any atom is -0.494 e. The molecule has 21 nitrogen and oxygen atoms in total. The summed E-state index contributed by atoms with van der Waals surface area (Å²) in [7, 11) is 1.57. The van der Waals surface area contributed by atoms with Crippen LogP contribution in [0.1, 0.15) is 86.4 Å². The zero-order chi connectivity index (χ0) is 56.0. The monoisotopic (exact) mass is 1090 g/mol. The van der Waals surface area contributed by atoms with Crippen LogP contribution >= 0.6 is 0 Å². The molecule has 1 unspecified atom stereocenters. The average molecular weight is 1090 g/mol. The van der Waals surface area contributed by atoms with Gasteiger partial charge in [0.15, 0.2) is 11.5 Å². The molecule has 0 saturated heterocycles. The number of methoxy groups -OCH3 is 1. The van der Waals surface area contributed by atoms with Crippen molar-refractivity contribution in [3.8, 4) is 34.0 Å². The zero-order valence-corrected chi connectivity index (χ0v) is 46.1. The molecule has 0 spiro atoms. The topological polar surface area (TPSA) is 269 Å². The molecular weight excluding hydrogens is 1020 g/mol. The van der Waals surface area contributed by atoms with Crippen LogP contribution in [0, 0.1) is 29.6 Å². The molecule has 4 saturated carbocycles. The molecule has 0 radical (unpaired) electrons. The van der Waals surface area contributed by atoms with E-state index in [1.54, 1.807) is 25.7 Å². The van der Waals surface area contributed by atoms with Crippen LogP contribution < -0.4 is 42.2 Å². The van der Waals surface area contributed by atoms with E-state index in [0.717, 1.165) is 72.0 Å². The third-order valence-corrected chi connectivity index (χ3v) is 15.6. The highest BCUT2D eigenvalue weighted by molar-refractivity contribution is 5.99. The number of carbonyl (C=O) groups is 2. The van der Waals surface area contributed by atoms with E-state index in [1.807, 2.05) is 89.9 Å². The van der Waals surface area contributed by atoms with Crippen molar-refractivity contribution in [2.45, 2.75) is 77.8 Å². The summed E-state index contributed by atoms with van der Waals surface area (Å²) in [5.41, 5.74) is 17.6. The third kappa shape index (κ3) is 12.4. The van der Waals surface area contributed by atoms with Crippen molar-refractivity contribution < 1.29 is 19.1 Å². The molecule has 4 aliphatic carbocycles. The Morgan fingerprint density at radius 1 is 0.667 bits per heavy atom. The number of nitrogens with two attached hydrogens (primary N) is 2. The fourth-order valence-corrected chi connectivity index (χ4v) is 12.5. The Labute approximate surface area is 470 Å². The molecule has 8 N–H and O–H groups in total. The van der Waals surface area contributed by atoms with Crippen molar-refractivity contribution in [1.82, 2.24) is 54.4 Å². The predicted octanol–water partition coefficient (Wildman–Crippen LogP) is 9.95. The number of benzene rings is 2. The van der Waals surface area contributed by atoms with Crippen LogP contribution in [0.4, 0.5) is 46.3 Å². The molecule has 2 amide bonds. The van der Waals surface area contributed by atoms with Crippen molar-refractivity contribution in [2.24, 2.45) is 41.1 Å². The van der Waals surface area contributed by atoms with Crippen molar-refractivity contribution >= 4 is 58.1 Å². The van der Waals surface area contributed by atoms with Crippen LogP contribution in [0.3, 0.4) is 0 Å². The first-order valence-electron chi connectivity index (χ1n) is 27.8. The fourth-order valence-electron chi connectivity index (χ4n) is 12.5. The number of hydrogen-bond donors (Lipinski definition) is 6. The highest BCUT2D eigenvalue weighted by Gasteiger charge is 2.52. The third-order valence-electron chi connectivity index (χ3n) is 15.6. The number of nitrogens with zero attached hydrogens (tertiary/aromatic N) is 11. The minimum absolute atomic E-state index is 0.0753. The highest BCUT2D eigenvalue weighted by Crippen LogP contribution is 2.58. The Hall–Kier alpha value is -8.98. The molecule has 81 heavy (non-hydrogen) atoms. The average Bonchev–Trinajstić information content (AvgIpc) is 4.20. The Kier molecular flexibility index (Phi) is 15.8. The number of rotatable bonds is 25. The summed E-state index contributed by atoms with van der Waals surface area (Å²) in [6.07, 6.45) is 22.2. The van der Waals surface area contributed by atoms with Gasteiger partial charge in [-0.25, -0.2) is 9.97 Å². The van der Waals surface area contributed by atoms with Crippen molar-refractivity contribution in [1.29, 1.82) is 0 Å². The van der Waals surface area contributed by atoms with Gasteiger partial charge >= 0.3 is 0 Å². The van der Waals surface area contributed by atoms with Gasteiger partial charge in [-0.15, -0.1) is 0 Å². The Bertz CT molecular complexity index is 3460. The van der Waals surface area contributed by atoms with Gasteiger partial charge in [0.1, 0.15) is 22.8 Å². The van der Waals surface area contributed by atoms with Crippen molar-refractivity contribution in [3.63, 3.8) is 0 Å². The second-order valence-electron chi connectivity index (χ2n) is 22.3. The lowest BCUT2D eigenvalue weighted by molar-refractivity contribution is -0.0493. The maximum atomic E-state index is 12.9. The second kappa shape index (κ2) is 23.8. The molecule has 6 aromatic heterocycles. The smallest absolute Gasteiger partial charge is 0.254 e. The van der Waals surface area contributed by atoms with Crippen LogP contribution in [0.15, 0.2) is 122 Å². The summed E-state index contributed by atoms with van der Waals surface area (Å²) in [6.45, 7) is 10.2. The largest absolute Gasteiger partial charge is 0.494 e. The fraction of sp³-hybridized carbons (Fsp3) is 0.367. The number of amides is 2. The van der Waals surface area contributed by atoms with Gasteiger partial charge in [0.2, 0.25) is 11.9 Å². The Morgan fingerprint density at radius 3 is 1.77 bits per heavy atom. The van der Waals surface area contributed by atoms with E-state index in [2.05, 4.69) is 87.8 Å². The van der Waals surface area contributed by atoms with Crippen LogP contribution in [0.2, 0.25) is 0 Å². The SMILES string of the molecule is COc1c(Nc2nc(Nc3cnn(CCN(CC(C)C)CC(C)CCOc4c(Nc5nc(Nc6cnn(C78CC9CC(CC(C9)C7)C8)c6)ncc5C(N)=O)cccc4-c4ccccn4)c3)ncc2C(N)=O)cccc1-c1ccccn1. The van der Waals surface area contributed by atoms with E-state index in [9.17, 15) is 9.59 Å². The summed E-state index contributed by atoms with van der Waals surface area (Å²) in [6, 6.07) is 22.8. The molecular formula is C60H69N17O4. The molecule has 1 atom stereocenters. The van der Waals surface area contributed by atoms with Gasteiger partial charge in [-0.1, -0.05) is 45.0 Å². The molecule has 4 aliphatic rings. The predicted molar refractivity (Wildman–Crippen MR) is 311 cm³/mol. The number of pyridine rings is 2. The van der Waals surface area contributed by atoms with Crippen LogP contribution in [0.5, 0.6) is 11.5 Å². The summed E-state index contributed by atoms with van der Waals surface area (Å²) >= 11 is 0. The number of para-hydroxylation sites is 2. The van der Waals surface area contributed by atoms with Crippen LogP contribution in [-0.4, -0.2) is 99.5 Å². The van der Waals surface area contributed by atoms with E-state index in [4.69, 9.17) is 31.0 Å². The maximum absolute atomic E-state index is 12.9. The van der Waals surface area contributed by atoms with Gasteiger partial charge in [0.05, 0.1) is 72.3 Å². The zero-order valence-electron chi connectivity index (χ0n) is 46.1. The molecule has 0 aliphatic heterocycles. The van der Waals surface area contributed by atoms with Gasteiger partial charge in [0, 0.05) is 67.9 Å². The second-order valence-corrected chi connectivity index (χ2v) is 22.3. The molecule has 4 fully saturated rings. The van der Waals surface area contributed by atoms with E-state index < -0.39 is 11.8 Å². The molecule has 6 heterocycles. The summed E-state index contributed by atoms with van der Waals surface area (Å²) in [4.78, 5) is 55.4. The summed E-state index contributed by atoms with van der Waals surface area (Å²) in [5.74, 6) is 3.76. The molecule has 4 bridgehead atoms. The van der Waals surface area contributed by atoms with E-state index in [-0.39, 0.29) is 40.2 Å². The van der Waals surface area contributed by atoms with Gasteiger partial charge in [0.25, 0.3) is 11.8 Å². The number of hydrogen-bond acceptors (Lipinski definition) is 17. The normalized spacial score (nSPS) is 18.4. The first kappa shape index (κ1) is 54.0. The minimum atomic E-state index is -0.688. The number of anilines is 8. The lowest BCUT2D eigenvalue weighted by atomic mass is 9.53. The lowest BCUT2D eigenvalue weighted by Gasteiger charge is -2.56. The van der Waals surface area contributed by atoms with Crippen LogP contribution in [-0.2, 0) is 12.1 Å². The first-order valence-corrected chi connectivity index (χ1v) is 27.8.